The number of aryl methyl sites for hydroxylation is 1. The number of hydrogen-bond acceptors (Lipinski definition) is 5. The van der Waals surface area contributed by atoms with E-state index in [1.165, 1.54) is 42.1 Å². The standard InChI is InChI=1S/C20H35N5OS/c1-17-6-7-19(27-17)18(25-12-14-26-15-13-25)16-23-20(21-2)22-8-11-24-9-4-3-5-10-24/h6-7,18H,3-5,8-16H2,1-2H3,(H2,21,22,23). The molecule has 1 atom stereocenters. The van der Waals surface area contributed by atoms with Gasteiger partial charge >= 0.3 is 0 Å². The quantitative estimate of drug-likeness (QED) is 0.549. The van der Waals surface area contributed by atoms with Gasteiger partial charge in [0.25, 0.3) is 0 Å². The van der Waals surface area contributed by atoms with E-state index in [1.54, 1.807) is 0 Å². The molecule has 0 radical (unpaired) electrons. The number of piperidine rings is 1. The highest BCUT2D eigenvalue weighted by atomic mass is 32.1. The maximum Gasteiger partial charge on any atom is 0.191 e. The second kappa shape index (κ2) is 11.0. The first kappa shape index (κ1) is 20.6. The number of aliphatic imine (C=N–C) groups is 1. The molecule has 2 aliphatic rings. The van der Waals surface area contributed by atoms with Gasteiger partial charge < -0.3 is 20.3 Å². The molecule has 0 aliphatic carbocycles. The van der Waals surface area contributed by atoms with Crippen LogP contribution in [0.25, 0.3) is 0 Å². The van der Waals surface area contributed by atoms with E-state index in [0.29, 0.717) is 6.04 Å². The molecule has 0 spiro atoms. The van der Waals surface area contributed by atoms with Gasteiger partial charge in [-0.2, -0.15) is 0 Å². The molecule has 0 bridgehead atoms. The predicted molar refractivity (Wildman–Crippen MR) is 114 cm³/mol. The van der Waals surface area contributed by atoms with E-state index in [9.17, 15) is 0 Å². The number of thiophene rings is 1. The highest BCUT2D eigenvalue weighted by Crippen LogP contribution is 2.27. The van der Waals surface area contributed by atoms with Crippen LogP contribution in [0.3, 0.4) is 0 Å². The zero-order valence-corrected chi connectivity index (χ0v) is 17.7. The van der Waals surface area contributed by atoms with Crippen molar-refractivity contribution in [3.63, 3.8) is 0 Å². The third-order valence-corrected chi connectivity index (χ3v) is 6.53. The minimum Gasteiger partial charge on any atom is -0.379 e. The Hall–Kier alpha value is -1.15. The molecule has 1 aromatic rings. The summed E-state index contributed by atoms with van der Waals surface area (Å²) in [5.41, 5.74) is 0. The van der Waals surface area contributed by atoms with Crippen LogP contribution in [0.2, 0.25) is 0 Å². The van der Waals surface area contributed by atoms with E-state index in [0.717, 1.165) is 51.9 Å². The number of ether oxygens (including phenoxy) is 1. The van der Waals surface area contributed by atoms with Gasteiger partial charge in [-0.15, -0.1) is 11.3 Å². The third-order valence-electron chi connectivity index (χ3n) is 5.43. The molecule has 3 rings (SSSR count). The predicted octanol–water partition coefficient (Wildman–Crippen LogP) is 2.08. The number of likely N-dealkylation sites (tertiary alicyclic amines) is 1. The van der Waals surface area contributed by atoms with E-state index in [-0.39, 0.29) is 0 Å². The van der Waals surface area contributed by atoms with Gasteiger partial charge in [-0.25, -0.2) is 0 Å². The van der Waals surface area contributed by atoms with Gasteiger partial charge in [-0.05, 0) is 45.0 Å². The van der Waals surface area contributed by atoms with E-state index in [1.807, 2.05) is 18.4 Å². The van der Waals surface area contributed by atoms with Crippen molar-refractivity contribution in [1.82, 2.24) is 20.4 Å². The Morgan fingerprint density at radius 3 is 2.59 bits per heavy atom. The summed E-state index contributed by atoms with van der Waals surface area (Å²) in [7, 11) is 1.86. The second-order valence-electron chi connectivity index (χ2n) is 7.39. The summed E-state index contributed by atoms with van der Waals surface area (Å²) in [5.74, 6) is 0.901. The normalized spacial score (nSPS) is 21.2. The van der Waals surface area contributed by atoms with Gasteiger partial charge in [-0.3, -0.25) is 9.89 Å². The smallest absolute Gasteiger partial charge is 0.191 e. The third kappa shape index (κ3) is 6.45. The summed E-state index contributed by atoms with van der Waals surface area (Å²) in [5, 5.41) is 7.05. The number of nitrogens with one attached hydrogen (secondary N) is 2. The van der Waals surface area contributed by atoms with Gasteiger partial charge in [0, 0.05) is 49.5 Å². The first-order valence-electron chi connectivity index (χ1n) is 10.3. The second-order valence-corrected chi connectivity index (χ2v) is 8.71. The highest BCUT2D eigenvalue weighted by Gasteiger charge is 2.24. The Morgan fingerprint density at radius 2 is 1.93 bits per heavy atom. The van der Waals surface area contributed by atoms with E-state index in [4.69, 9.17) is 4.74 Å². The molecular formula is C20H35N5OS. The monoisotopic (exact) mass is 393 g/mol. The van der Waals surface area contributed by atoms with Crippen LogP contribution in [0.1, 0.15) is 35.1 Å². The average molecular weight is 394 g/mol. The van der Waals surface area contributed by atoms with E-state index >= 15 is 0 Å². The largest absolute Gasteiger partial charge is 0.379 e. The minimum atomic E-state index is 0.369. The number of nitrogens with zero attached hydrogens (tertiary/aromatic N) is 3. The lowest BCUT2D eigenvalue weighted by molar-refractivity contribution is 0.0177. The summed E-state index contributed by atoms with van der Waals surface area (Å²) in [6, 6.07) is 4.86. The van der Waals surface area contributed by atoms with Crippen LogP contribution >= 0.6 is 11.3 Å². The molecule has 2 fully saturated rings. The Bertz CT molecular complexity index is 579. The lowest BCUT2D eigenvalue weighted by Crippen LogP contribution is -2.47. The van der Waals surface area contributed by atoms with Crippen LogP contribution in [-0.2, 0) is 4.74 Å². The van der Waals surface area contributed by atoms with Crippen LogP contribution < -0.4 is 10.6 Å². The highest BCUT2D eigenvalue weighted by molar-refractivity contribution is 7.12. The molecule has 2 saturated heterocycles. The summed E-state index contributed by atoms with van der Waals surface area (Å²) in [4.78, 5) is 12.3. The number of guanidine groups is 1. The molecular weight excluding hydrogens is 358 g/mol. The maximum atomic E-state index is 5.55. The molecule has 3 heterocycles. The van der Waals surface area contributed by atoms with Crippen molar-refractivity contribution in [2.75, 3.05) is 66.1 Å². The van der Waals surface area contributed by atoms with Gasteiger partial charge in [0.2, 0.25) is 0 Å². The van der Waals surface area contributed by atoms with Crippen LogP contribution in [0.5, 0.6) is 0 Å². The van der Waals surface area contributed by atoms with Crippen molar-refractivity contribution in [2.24, 2.45) is 4.99 Å². The maximum absolute atomic E-state index is 5.55. The Kier molecular flexibility index (Phi) is 8.38. The lowest BCUT2D eigenvalue weighted by atomic mass is 10.1. The first-order valence-corrected chi connectivity index (χ1v) is 11.1. The van der Waals surface area contributed by atoms with Gasteiger partial charge in [-0.1, -0.05) is 6.42 Å². The molecule has 7 heteroatoms. The van der Waals surface area contributed by atoms with Gasteiger partial charge in [0.15, 0.2) is 5.96 Å². The molecule has 0 aromatic carbocycles. The minimum absolute atomic E-state index is 0.369. The van der Waals surface area contributed by atoms with E-state index < -0.39 is 0 Å². The molecule has 27 heavy (non-hydrogen) atoms. The summed E-state index contributed by atoms with van der Waals surface area (Å²) < 4.78 is 5.55. The van der Waals surface area contributed by atoms with Crippen molar-refractivity contribution in [3.8, 4) is 0 Å². The molecule has 2 aliphatic heterocycles. The zero-order valence-electron chi connectivity index (χ0n) is 16.9. The average Bonchev–Trinajstić information content (AvgIpc) is 3.14. The number of morpholine rings is 1. The molecule has 152 valence electrons. The van der Waals surface area contributed by atoms with Crippen molar-refractivity contribution in [3.05, 3.63) is 21.9 Å². The topological polar surface area (TPSA) is 52.1 Å². The lowest BCUT2D eigenvalue weighted by Gasteiger charge is -2.34. The van der Waals surface area contributed by atoms with Gasteiger partial charge in [0.1, 0.15) is 0 Å². The van der Waals surface area contributed by atoms with Crippen LogP contribution in [-0.4, -0.2) is 81.8 Å². The van der Waals surface area contributed by atoms with Crippen LogP contribution in [0.15, 0.2) is 17.1 Å². The molecule has 1 aromatic heterocycles. The SMILES string of the molecule is CN=C(NCCN1CCCCC1)NCC(c1ccc(C)s1)N1CCOCC1. The summed E-state index contributed by atoms with van der Waals surface area (Å²) in [6.45, 7) is 11.2. The summed E-state index contributed by atoms with van der Waals surface area (Å²) in [6.07, 6.45) is 4.07. The molecule has 1 unspecified atom stereocenters. The fraction of sp³-hybridized carbons (Fsp3) is 0.750. The molecule has 6 nitrogen and oxygen atoms in total. The number of hydrogen-bond donors (Lipinski definition) is 2. The van der Waals surface area contributed by atoms with Crippen LogP contribution in [0.4, 0.5) is 0 Å². The van der Waals surface area contributed by atoms with Crippen molar-refractivity contribution in [2.45, 2.75) is 32.2 Å². The Morgan fingerprint density at radius 1 is 1.15 bits per heavy atom. The number of rotatable bonds is 7. The molecule has 0 saturated carbocycles. The Balaban J connectivity index is 1.49. The van der Waals surface area contributed by atoms with Crippen molar-refractivity contribution < 1.29 is 4.74 Å². The van der Waals surface area contributed by atoms with Crippen molar-refractivity contribution >= 4 is 17.3 Å². The van der Waals surface area contributed by atoms with E-state index in [2.05, 4.69) is 44.5 Å². The van der Waals surface area contributed by atoms with Crippen LogP contribution in [0, 0.1) is 6.92 Å². The Labute approximate surface area is 168 Å². The fourth-order valence-electron chi connectivity index (χ4n) is 3.86. The van der Waals surface area contributed by atoms with Crippen molar-refractivity contribution in [1.29, 1.82) is 0 Å². The molecule has 0 amide bonds. The van der Waals surface area contributed by atoms with Gasteiger partial charge in [0.05, 0.1) is 19.3 Å². The summed E-state index contributed by atoms with van der Waals surface area (Å²) >= 11 is 1.90. The fourth-order valence-corrected chi connectivity index (χ4v) is 4.87. The zero-order chi connectivity index (χ0) is 18.9. The first-order chi connectivity index (χ1) is 13.3. The molecule has 2 N–H and O–H groups in total.